The number of methoxy groups -OCH3 is 1. The summed E-state index contributed by atoms with van der Waals surface area (Å²) in [5, 5.41) is 2.73. The quantitative estimate of drug-likeness (QED) is 0.523. The molecule has 0 saturated heterocycles. The molecule has 1 N–H and O–H groups in total. The molecule has 3 aromatic carbocycles. The van der Waals surface area contributed by atoms with Gasteiger partial charge in [-0.15, -0.1) is 0 Å². The molecule has 3 aromatic rings. The predicted octanol–water partition coefficient (Wildman–Crippen LogP) is 4.23. The first-order valence-electron chi connectivity index (χ1n) is 10.0. The average molecular weight is 457 g/mol. The highest BCUT2D eigenvalue weighted by Gasteiger charge is 2.21. The minimum Gasteiger partial charge on any atom is -0.494 e. The lowest BCUT2D eigenvalue weighted by atomic mass is 10.1. The molecule has 3 rings (SSSR count). The zero-order valence-corrected chi connectivity index (χ0v) is 18.7. The Labute approximate surface area is 187 Å². The maximum absolute atomic E-state index is 13.8. The van der Waals surface area contributed by atoms with Crippen LogP contribution in [-0.4, -0.2) is 32.8 Å². The van der Waals surface area contributed by atoms with Gasteiger partial charge in [-0.05, 0) is 53.9 Å². The summed E-state index contributed by atoms with van der Waals surface area (Å²) in [5.74, 6) is -0.569. The second kappa shape index (κ2) is 10.4. The Morgan fingerprint density at radius 2 is 1.69 bits per heavy atom. The molecule has 0 radical (unpaired) electrons. The molecular formula is C24H25FN2O4S. The van der Waals surface area contributed by atoms with E-state index in [0.717, 1.165) is 5.56 Å². The first kappa shape index (κ1) is 23.4. The highest BCUT2D eigenvalue weighted by Crippen LogP contribution is 2.21. The fourth-order valence-electron chi connectivity index (χ4n) is 3.16. The van der Waals surface area contributed by atoms with Gasteiger partial charge in [0.25, 0.3) is 0 Å². The lowest BCUT2D eigenvalue weighted by molar-refractivity contribution is -0.116. The van der Waals surface area contributed by atoms with Crippen molar-refractivity contribution in [2.45, 2.75) is 24.3 Å². The lowest BCUT2D eigenvalue weighted by Crippen LogP contribution is -2.26. The fourth-order valence-corrected chi connectivity index (χ4v) is 4.32. The van der Waals surface area contributed by atoms with Crippen molar-refractivity contribution in [1.29, 1.82) is 0 Å². The molecule has 0 aliphatic heterocycles. The van der Waals surface area contributed by atoms with Crippen LogP contribution in [0.3, 0.4) is 0 Å². The third kappa shape index (κ3) is 5.93. The van der Waals surface area contributed by atoms with Crippen LogP contribution in [0.2, 0.25) is 0 Å². The zero-order chi connectivity index (χ0) is 23.1. The van der Waals surface area contributed by atoms with Gasteiger partial charge in [0.15, 0.2) is 11.6 Å². The summed E-state index contributed by atoms with van der Waals surface area (Å²) in [6.07, 6.45) is 0.523. The summed E-state index contributed by atoms with van der Waals surface area (Å²) in [6.45, 7) is 0.258. The second-order valence-corrected chi connectivity index (χ2v) is 9.33. The molecule has 0 aliphatic rings. The molecule has 0 saturated carbocycles. The molecule has 0 bridgehead atoms. The second-order valence-electron chi connectivity index (χ2n) is 7.29. The summed E-state index contributed by atoms with van der Waals surface area (Å²) >= 11 is 0. The van der Waals surface area contributed by atoms with Crippen molar-refractivity contribution in [3.63, 3.8) is 0 Å². The predicted molar refractivity (Wildman–Crippen MR) is 121 cm³/mol. The topological polar surface area (TPSA) is 75.7 Å². The van der Waals surface area contributed by atoms with Crippen LogP contribution in [0.25, 0.3) is 0 Å². The number of nitrogens with one attached hydrogen (secondary N) is 1. The van der Waals surface area contributed by atoms with E-state index in [1.165, 1.54) is 42.7 Å². The fraction of sp³-hybridized carbons (Fsp3) is 0.208. The van der Waals surface area contributed by atoms with Crippen LogP contribution >= 0.6 is 0 Å². The molecule has 0 heterocycles. The van der Waals surface area contributed by atoms with E-state index in [1.807, 2.05) is 30.3 Å². The largest absolute Gasteiger partial charge is 0.494 e. The smallest absolute Gasteiger partial charge is 0.243 e. The molecule has 32 heavy (non-hydrogen) atoms. The molecule has 6 nitrogen and oxygen atoms in total. The Kier molecular flexibility index (Phi) is 7.61. The molecule has 1 amide bonds. The number of hydrogen-bond donors (Lipinski definition) is 1. The van der Waals surface area contributed by atoms with E-state index in [9.17, 15) is 17.6 Å². The van der Waals surface area contributed by atoms with Gasteiger partial charge in [0.1, 0.15) is 0 Å². The van der Waals surface area contributed by atoms with Gasteiger partial charge in [0.2, 0.25) is 15.9 Å². The number of rotatable bonds is 9. The van der Waals surface area contributed by atoms with E-state index in [4.69, 9.17) is 4.74 Å². The number of benzene rings is 3. The van der Waals surface area contributed by atoms with E-state index in [-0.39, 0.29) is 29.5 Å². The van der Waals surface area contributed by atoms with Crippen molar-refractivity contribution in [1.82, 2.24) is 4.31 Å². The van der Waals surface area contributed by atoms with Gasteiger partial charge in [-0.25, -0.2) is 12.8 Å². The van der Waals surface area contributed by atoms with Gasteiger partial charge in [0.05, 0.1) is 12.0 Å². The molecule has 0 spiro atoms. The monoisotopic (exact) mass is 456 g/mol. The number of hydrogen-bond acceptors (Lipinski definition) is 4. The van der Waals surface area contributed by atoms with Gasteiger partial charge in [-0.1, -0.05) is 36.4 Å². The van der Waals surface area contributed by atoms with Gasteiger partial charge in [0, 0.05) is 25.7 Å². The van der Waals surface area contributed by atoms with E-state index in [1.54, 1.807) is 18.2 Å². The number of nitrogens with zero attached hydrogens (tertiary/aromatic N) is 1. The number of anilines is 1. The number of carbonyl (C=O) groups excluding carboxylic acids is 1. The van der Waals surface area contributed by atoms with E-state index < -0.39 is 15.8 Å². The summed E-state index contributed by atoms with van der Waals surface area (Å²) in [5.41, 5.74) is 2.06. The maximum atomic E-state index is 13.8. The number of carbonyl (C=O) groups is 1. The van der Waals surface area contributed by atoms with Crippen molar-refractivity contribution in [2.24, 2.45) is 0 Å². The van der Waals surface area contributed by atoms with Crippen molar-refractivity contribution in [3.05, 3.63) is 89.7 Å². The average Bonchev–Trinajstić information content (AvgIpc) is 2.79. The Morgan fingerprint density at radius 3 is 2.31 bits per heavy atom. The SMILES string of the molecule is COc1ccc(CCC(=O)Nc2ccc(S(=O)(=O)N(C)Cc3ccccc3)cc2)cc1F. The molecule has 0 unspecified atom stereocenters. The number of amides is 1. The van der Waals surface area contributed by atoms with Gasteiger partial charge in [-0.2, -0.15) is 4.31 Å². The molecule has 0 aliphatic carbocycles. The molecule has 0 aromatic heterocycles. The van der Waals surface area contributed by atoms with Gasteiger partial charge in [-0.3, -0.25) is 4.79 Å². The minimum absolute atomic E-state index is 0.141. The number of sulfonamides is 1. The van der Waals surface area contributed by atoms with Crippen molar-refractivity contribution in [3.8, 4) is 5.75 Å². The Balaban J connectivity index is 1.57. The molecular weight excluding hydrogens is 431 g/mol. The highest BCUT2D eigenvalue weighted by molar-refractivity contribution is 7.89. The van der Waals surface area contributed by atoms with E-state index in [2.05, 4.69) is 5.32 Å². The maximum Gasteiger partial charge on any atom is 0.243 e. The van der Waals surface area contributed by atoms with Crippen LogP contribution < -0.4 is 10.1 Å². The van der Waals surface area contributed by atoms with Crippen molar-refractivity contribution < 1.29 is 22.3 Å². The Morgan fingerprint density at radius 1 is 1.00 bits per heavy atom. The van der Waals surface area contributed by atoms with E-state index >= 15 is 0 Å². The normalized spacial score (nSPS) is 11.4. The van der Waals surface area contributed by atoms with Crippen LogP contribution in [0, 0.1) is 5.82 Å². The third-order valence-corrected chi connectivity index (χ3v) is 6.77. The van der Waals surface area contributed by atoms with Crippen molar-refractivity contribution in [2.75, 3.05) is 19.5 Å². The number of aryl methyl sites for hydroxylation is 1. The first-order chi connectivity index (χ1) is 15.3. The van der Waals surface area contributed by atoms with Crippen LogP contribution in [0.4, 0.5) is 10.1 Å². The lowest BCUT2D eigenvalue weighted by Gasteiger charge is -2.17. The molecule has 8 heteroatoms. The van der Waals surface area contributed by atoms with E-state index in [0.29, 0.717) is 17.7 Å². The van der Waals surface area contributed by atoms with Crippen LogP contribution in [-0.2, 0) is 27.8 Å². The van der Waals surface area contributed by atoms with Crippen LogP contribution in [0.15, 0.2) is 77.7 Å². The Hall–Kier alpha value is -3.23. The minimum atomic E-state index is -3.66. The van der Waals surface area contributed by atoms with Crippen LogP contribution in [0.5, 0.6) is 5.75 Å². The summed E-state index contributed by atoms with van der Waals surface area (Å²) in [7, 11) is -0.744. The number of halogens is 1. The third-order valence-electron chi connectivity index (χ3n) is 4.95. The summed E-state index contributed by atoms with van der Waals surface area (Å²) in [4.78, 5) is 12.4. The highest BCUT2D eigenvalue weighted by atomic mass is 32.2. The van der Waals surface area contributed by atoms with Crippen molar-refractivity contribution >= 4 is 21.6 Å². The summed E-state index contributed by atoms with van der Waals surface area (Å²) in [6, 6.07) is 19.9. The summed E-state index contributed by atoms with van der Waals surface area (Å²) < 4.78 is 45.5. The molecule has 0 atom stereocenters. The van der Waals surface area contributed by atoms with Gasteiger partial charge < -0.3 is 10.1 Å². The first-order valence-corrected chi connectivity index (χ1v) is 11.5. The van der Waals surface area contributed by atoms with Gasteiger partial charge >= 0.3 is 0 Å². The zero-order valence-electron chi connectivity index (χ0n) is 17.9. The Bertz CT molecular complexity index is 1170. The van der Waals surface area contributed by atoms with Crippen LogP contribution in [0.1, 0.15) is 17.5 Å². The standard InChI is InChI=1S/C24H25FN2O4S/c1-27(17-19-6-4-3-5-7-19)32(29,30)21-12-10-20(11-13-21)26-24(28)15-9-18-8-14-23(31-2)22(25)16-18/h3-8,10-14,16H,9,15,17H2,1-2H3,(H,26,28). The molecule has 0 fully saturated rings. The molecule has 168 valence electrons. The number of ether oxygens (including phenoxy) is 1.